The second-order valence-electron chi connectivity index (χ2n) is 15.3. The van der Waals surface area contributed by atoms with E-state index in [1.54, 1.807) is 6.92 Å². The maximum absolute atomic E-state index is 13.3. The summed E-state index contributed by atoms with van der Waals surface area (Å²) in [6.07, 6.45) is 0.281. The van der Waals surface area contributed by atoms with Crippen molar-refractivity contribution in [3.8, 4) is 5.75 Å². The number of hydrogen-bond donors (Lipinski definition) is 3. The summed E-state index contributed by atoms with van der Waals surface area (Å²) in [5.41, 5.74) is -6.26. The van der Waals surface area contributed by atoms with E-state index in [0.717, 1.165) is 29.4 Å². The number of fused-ring (bicyclic) bond motifs is 5. The van der Waals surface area contributed by atoms with E-state index in [9.17, 15) is 42.9 Å². The van der Waals surface area contributed by atoms with Crippen molar-refractivity contribution >= 4 is 23.8 Å². The molecule has 3 fully saturated rings. The number of ketones is 1. The van der Waals surface area contributed by atoms with Gasteiger partial charge in [-0.05, 0) is 94.4 Å². The van der Waals surface area contributed by atoms with Gasteiger partial charge in [-0.15, -0.1) is 13.2 Å². The number of esters is 2. The van der Waals surface area contributed by atoms with Crippen molar-refractivity contribution in [3.05, 3.63) is 59.2 Å². The monoisotopic (exact) mass is 704 g/mol. The molecule has 3 N–H and O–H groups in total. The highest BCUT2D eigenvalue weighted by molar-refractivity contribution is 5.88. The van der Waals surface area contributed by atoms with Gasteiger partial charge in [-0.25, -0.2) is 9.59 Å². The Labute approximate surface area is 290 Å². The summed E-state index contributed by atoms with van der Waals surface area (Å²) in [7, 11) is 0. The molecule has 12 heteroatoms. The van der Waals surface area contributed by atoms with Crippen molar-refractivity contribution in [1.82, 2.24) is 0 Å². The van der Waals surface area contributed by atoms with Crippen LogP contribution in [0.15, 0.2) is 53.6 Å². The Bertz CT molecular complexity index is 1630. The second kappa shape index (κ2) is 12.9. The Morgan fingerprint density at radius 1 is 1.00 bits per heavy atom. The predicted molar refractivity (Wildman–Crippen MR) is 176 cm³/mol. The van der Waals surface area contributed by atoms with Crippen LogP contribution in [0.5, 0.6) is 5.75 Å². The number of carbonyl (C=O) groups excluding carboxylic acids is 3. The van der Waals surface area contributed by atoms with E-state index in [-0.39, 0.29) is 31.6 Å². The van der Waals surface area contributed by atoms with Gasteiger partial charge in [-0.2, -0.15) is 0 Å². The van der Waals surface area contributed by atoms with Crippen LogP contribution in [-0.4, -0.2) is 68.4 Å². The zero-order chi connectivity index (χ0) is 37.1. The van der Waals surface area contributed by atoms with E-state index >= 15 is 0 Å². The van der Waals surface area contributed by atoms with Crippen LogP contribution in [0.2, 0.25) is 0 Å². The van der Waals surface area contributed by atoms with Gasteiger partial charge in [0, 0.05) is 24.5 Å². The maximum atomic E-state index is 13.3. The van der Waals surface area contributed by atoms with Crippen LogP contribution in [0.3, 0.4) is 0 Å². The molecule has 0 aromatic heterocycles. The number of Topliss-reactive ketones (excluding diaryl/α,β-unsaturated/α-hetero) is 1. The number of alkyl halides is 3. The molecule has 0 saturated heterocycles. The lowest BCUT2D eigenvalue weighted by Gasteiger charge is -2.67. The van der Waals surface area contributed by atoms with Crippen molar-refractivity contribution in [1.29, 1.82) is 0 Å². The molecule has 50 heavy (non-hydrogen) atoms. The van der Waals surface area contributed by atoms with Crippen LogP contribution < -0.4 is 4.74 Å². The van der Waals surface area contributed by atoms with Crippen LogP contribution in [0.1, 0.15) is 92.1 Å². The highest BCUT2D eigenvalue weighted by atomic mass is 19.4. The standard InChI is InChI=1S/C38H47F3O9/c1-22(2)23(3)18-32(44)49-30-21-29-33(5)14-13-27(48-31(43)11-10-25-8-7-9-28(19-25)50-38(39,40)41)20-26(33)12-15-36(29,46)37(47)17-16-35(45,24(4)42)34(30,37)6/h7-12,18-19,22,27,29-30,45-47H,13-17,20-21H2,1-6H3/b11-10+,23-18+/t27-,29?,30+,33-,34+,35+,36-,37+/m0/s1. The number of hydrogen-bond acceptors (Lipinski definition) is 9. The molecule has 0 heterocycles. The lowest BCUT2D eigenvalue weighted by molar-refractivity contribution is -0.314. The third kappa shape index (κ3) is 6.21. The van der Waals surface area contributed by atoms with Gasteiger partial charge < -0.3 is 29.5 Å². The summed E-state index contributed by atoms with van der Waals surface area (Å²) in [6.45, 7) is 10.4. The zero-order valence-corrected chi connectivity index (χ0v) is 29.3. The summed E-state index contributed by atoms with van der Waals surface area (Å²) in [5.74, 6) is -2.90. The van der Waals surface area contributed by atoms with Crippen LogP contribution in [0.4, 0.5) is 13.2 Å². The van der Waals surface area contributed by atoms with Crippen molar-refractivity contribution in [2.45, 2.75) is 122 Å². The summed E-state index contributed by atoms with van der Waals surface area (Å²) in [6, 6.07) is 5.19. The Kier molecular flexibility index (Phi) is 9.77. The van der Waals surface area contributed by atoms with E-state index in [2.05, 4.69) is 4.74 Å². The minimum atomic E-state index is -4.85. The number of aliphatic hydroxyl groups is 3. The first-order chi connectivity index (χ1) is 23.1. The van der Waals surface area contributed by atoms with Gasteiger partial charge in [0.05, 0.1) is 5.41 Å². The summed E-state index contributed by atoms with van der Waals surface area (Å²) < 4.78 is 53.5. The van der Waals surface area contributed by atoms with Crippen LogP contribution >= 0.6 is 0 Å². The van der Waals surface area contributed by atoms with Crippen molar-refractivity contribution < 1.29 is 57.1 Å². The highest BCUT2D eigenvalue weighted by Gasteiger charge is 2.81. The van der Waals surface area contributed by atoms with Gasteiger partial charge in [0.25, 0.3) is 0 Å². The molecular weight excluding hydrogens is 657 g/mol. The van der Waals surface area contributed by atoms with Gasteiger partial charge in [-0.3, -0.25) is 4.79 Å². The van der Waals surface area contributed by atoms with Crippen molar-refractivity contribution in [2.75, 3.05) is 0 Å². The molecule has 4 aliphatic carbocycles. The third-order valence-corrected chi connectivity index (χ3v) is 12.4. The SMILES string of the molecule is CC(=O)[C@]1(O)CC[C@@]2(O)[C@]1(C)[C@H](OC(=O)/C=C(\C)C(C)C)CC1[C@@]3(C)CC[C@H](OC(=O)/C=C/c4cccc(OC(F)(F)F)c4)CC3=CC[C@]12O. The Morgan fingerprint density at radius 2 is 1.70 bits per heavy atom. The van der Waals surface area contributed by atoms with Crippen molar-refractivity contribution in [2.24, 2.45) is 22.7 Å². The molecule has 8 atom stereocenters. The topological polar surface area (TPSA) is 140 Å². The van der Waals surface area contributed by atoms with E-state index < -0.39 is 75.6 Å². The Balaban J connectivity index is 1.39. The molecule has 0 aliphatic heterocycles. The average Bonchev–Trinajstić information content (AvgIpc) is 3.25. The van der Waals surface area contributed by atoms with Gasteiger partial charge in [0.15, 0.2) is 5.78 Å². The number of halogens is 3. The number of carbonyl (C=O) groups is 3. The van der Waals surface area contributed by atoms with Gasteiger partial charge in [-0.1, -0.05) is 50.1 Å². The molecule has 0 spiro atoms. The molecule has 1 unspecified atom stereocenters. The predicted octanol–water partition coefficient (Wildman–Crippen LogP) is 6.15. The van der Waals surface area contributed by atoms with Crippen molar-refractivity contribution in [3.63, 3.8) is 0 Å². The first-order valence-electron chi connectivity index (χ1n) is 17.1. The number of ether oxygens (including phenoxy) is 3. The zero-order valence-electron chi connectivity index (χ0n) is 29.3. The Hall–Kier alpha value is -3.48. The molecule has 274 valence electrons. The fourth-order valence-corrected chi connectivity index (χ4v) is 9.17. The van der Waals surface area contributed by atoms with Gasteiger partial charge >= 0.3 is 18.3 Å². The first-order valence-corrected chi connectivity index (χ1v) is 17.1. The van der Waals surface area contributed by atoms with E-state index in [1.807, 2.05) is 26.8 Å². The van der Waals surface area contributed by atoms with Gasteiger partial charge in [0.2, 0.25) is 0 Å². The molecule has 3 saturated carbocycles. The maximum Gasteiger partial charge on any atom is 0.573 e. The molecule has 1 aromatic rings. The average molecular weight is 705 g/mol. The van der Waals surface area contributed by atoms with Crippen LogP contribution in [0, 0.1) is 22.7 Å². The van der Waals surface area contributed by atoms with Crippen LogP contribution in [-0.2, 0) is 23.9 Å². The molecule has 0 bridgehead atoms. The van der Waals surface area contributed by atoms with Gasteiger partial charge in [0.1, 0.15) is 34.8 Å². The molecule has 5 rings (SSSR count). The first kappa shape index (κ1) is 37.8. The van der Waals surface area contributed by atoms with E-state index in [1.165, 1.54) is 38.1 Å². The number of benzene rings is 1. The molecule has 9 nitrogen and oxygen atoms in total. The number of allylic oxidation sites excluding steroid dienone is 1. The lowest BCUT2D eigenvalue weighted by atomic mass is 9.42. The summed E-state index contributed by atoms with van der Waals surface area (Å²) >= 11 is 0. The lowest BCUT2D eigenvalue weighted by Crippen LogP contribution is -2.78. The summed E-state index contributed by atoms with van der Waals surface area (Å²) in [5, 5.41) is 37.1. The molecule has 0 radical (unpaired) electrons. The quantitative estimate of drug-likeness (QED) is 0.165. The summed E-state index contributed by atoms with van der Waals surface area (Å²) in [4.78, 5) is 39.1. The van der Waals surface area contributed by atoms with E-state index in [4.69, 9.17) is 9.47 Å². The highest BCUT2D eigenvalue weighted by Crippen LogP contribution is 2.71. The molecule has 4 aliphatic rings. The largest absolute Gasteiger partial charge is 0.573 e. The molecule has 1 aromatic carbocycles. The smallest absolute Gasteiger partial charge is 0.459 e. The number of rotatable bonds is 8. The molecular formula is C38H47F3O9. The second-order valence-corrected chi connectivity index (χ2v) is 15.3. The fraction of sp³-hybridized carbons (Fsp3) is 0.605. The molecule has 0 amide bonds. The normalized spacial score (nSPS) is 37.0. The third-order valence-electron chi connectivity index (χ3n) is 12.4. The van der Waals surface area contributed by atoms with Crippen LogP contribution in [0.25, 0.3) is 6.08 Å². The fourth-order valence-electron chi connectivity index (χ4n) is 9.17. The Morgan fingerprint density at radius 3 is 2.34 bits per heavy atom. The van der Waals surface area contributed by atoms with E-state index in [0.29, 0.717) is 24.8 Å². The minimum absolute atomic E-state index is 0.00655. The minimum Gasteiger partial charge on any atom is -0.459 e.